The first-order valence-electron chi connectivity index (χ1n) is 7.96. The maximum atomic E-state index is 12.3. The molecule has 1 amide bonds. The third kappa shape index (κ3) is 3.49. The summed E-state index contributed by atoms with van der Waals surface area (Å²) in [5.74, 6) is 0.889. The first-order valence-corrected chi connectivity index (χ1v) is 8.75. The van der Waals surface area contributed by atoms with E-state index in [-0.39, 0.29) is 11.4 Å². The Bertz CT molecular complexity index is 507. The Kier molecular flexibility index (Phi) is 4.65. The summed E-state index contributed by atoms with van der Waals surface area (Å²) in [5.41, 5.74) is 1.12. The second kappa shape index (κ2) is 6.49. The van der Waals surface area contributed by atoms with E-state index in [1.807, 2.05) is 6.07 Å². The molecule has 1 aliphatic heterocycles. The average Bonchev–Trinajstić information content (AvgIpc) is 2.94. The van der Waals surface area contributed by atoms with Crippen molar-refractivity contribution in [2.24, 2.45) is 5.92 Å². The van der Waals surface area contributed by atoms with E-state index < -0.39 is 0 Å². The summed E-state index contributed by atoms with van der Waals surface area (Å²) in [4.78, 5) is 12.3. The van der Waals surface area contributed by atoms with Crippen LogP contribution in [-0.2, 0) is 10.3 Å². The van der Waals surface area contributed by atoms with Crippen LogP contribution in [0.5, 0.6) is 0 Å². The van der Waals surface area contributed by atoms with Crippen molar-refractivity contribution in [1.82, 2.24) is 10.6 Å². The van der Waals surface area contributed by atoms with Gasteiger partial charge in [0.05, 0.1) is 5.54 Å². The number of carbonyl (C=O) groups excluding carboxylic acids is 1. The molecule has 114 valence electrons. The van der Waals surface area contributed by atoms with Gasteiger partial charge in [-0.2, -0.15) is 0 Å². The summed E-state index contributed by atoms with van der Waals surface area (Å²) >= 11 is 3.53. The molecule has 2 N–H and O–H groups in total. The van der Waals surface area contributed by atoms with Crippen LogP contribution >= 0.6 is 15.9 Å². The molecule has 2 aliphatic rings. The lowest BCUT2D eigenvalue weighted by atomic mass is 9.71. The van der Waals surface area contributed by atoms with E-state index in [0.717, 1.165) is 36.8 Å². The summed E-state index contributed by atoms with van der Waals surface area (Å²) in [6.07, 6.45) is 6.18. The molecule has 0 radical (unpaired) electrons. The Hall–Kier alpha value is -0.870. The highest BCUT2D eigenvalue weighted by molar-refractivity contribution is 9.10. The Morgan fingerprint density at radius 2 is 2.29 bits per heavy atom. The SMILES string of the molecule is O=C(CCC1CCNC1)NC1(c2cccc(Br)c2)CCC1. The number of carbonyl (C=O) groups is 1. The number of rotatable bonds is 5. The number of hydrogen-bond donors (Lipinski definition) is 2. The van der Waals surface area contributed by atoms with Crippen LogP contribution in [0, 0.1) is 5.92 Å². The third-order valence-corrected chi connectivity index (χ3v) is 5.40. The van der Waals surface area contributed by atoms with Crippen molar-refractivity contribution < 1.29 is 4.79 Å². The molecule has 0 aromatic heterocycles. The molecule has 1 atom stereocenters. The summed E-state index contributed by atoms with van der Waals surface area (Å²) in [6.45, 7) is 2.18. The van der Waals surface area contributed by atoms with Crippen molar-refractivity contribution >= 4 is 21.8 Å². The molecule has 1 aromatic carbocycles. The quantitative estimate of drug-likeness (QED) is 0.854. The monoisotopic (exact) mass is 350 g/mol. The van der Waals surface area contributed by atoms with Crippen LogP contribution in [0.3, 0.4) is 0 Å². The fraction of sp³-hybridized carbons (Fsp3) is 0.588. The van der Waals surface area contributed by atoms with Gasteiger partial charge in [0.15, 0.2) is 0 Å². The minimum Gasteiger partial charge on any atom is -0.347 e. The molecule has 1 unspecified atom stereocenters. The molecular formula is C17H23BrN2O. The van der Waals surface area contributed by atoms with Crippen LogP contribution in [0.25, 0.3) is 0 Å². The second-order valence-corrected chi connectivity index (χ2v) is 7.31. The highest BCUT2D eigenvalue weighted by Crippen LogP contribution is 2.42. The first-order chi connectivity index (χ1) is 10.2. The molecule has 1 aromatic rings. The molecule has 1 heterocycles. The topological polar surface area (TPSA) is 41.1 Å². The lowest BCUT2D eigenvalue weighted by Gasteiger charge is -2.43. The van der Waals surface area contributed by atoms with Crippen molar-refractivity contribution in [2.75, 3.05) is 13.1 Å². The first kappa shape index (κ1) is 15.0. The number of hydrogen-bond acceptors (Lipinski definition) is 2. The predicted molar refractivity (Wildman–Crippen MR) is 88.0 cm³/mol. The fourth-order valence-electron chi connectivity index (χ4n) is 3.43. The third-order valence-electron chi connectivity index (χ3n) is 4.91. The van der Waals surface area contributed by atoms with E-state index >= 15 is 0 Å². The highest BCUT2D eigenvalue weighted by Gasteiger charge is 2.39. The van der Waals surface area contributed by atoms with Gasteiger partial charge in [-0.3, -0.25) is 4.79 Å². The molecular weight excluding hydrogens is 328 g/mol. The second-order valence-electron chi connectivity index (χ2n) is 6.39. The smallest absolute Gasteiger partial charge is 0.220 e. The van der Waals surface area contributed by atoms with Crippen LogP contribution in [0.2, 0.25) is 0 Å². The van der Waals surface area contributed by atoms with Gasteiger partial charge in [-0.15, -0.1) is 0 Å². The maximum absolute atomic E-state index is 12.3. The van der Waals surface area contributed by atoms with Crippen molar-refractivity contribution in [2.45, 2.75) is 44.1 Å². The van der Waals surface area contributed by atoms with E-state index in [9.17, 15) is 4.79 Å². The lowest BCUT2D eigenvalue weighted by Crippen LogP contribution is -2.50. The van der Waals surface area contributed by atoms with E-state index in [1.54, 1.807) is 0 Å². The average molecular weight is 351 g/mol. The van der Waals surface area contributed by atoms with Gasteiger partial charge >= 0.3 is 0 Å². The standard InChI is InChI=1S/C17H23BrN2O/c18-15-4-1-3-14(11-15)17(8-2-9-17)20-16(21)6-5-13-7-10-19-12-13/h1,3-4,11,13,19H,2,5-10,12H2,(H,20,21). The van der Waals surface area contributed by atoms with E-state index in [1.165, 1.54) is 18.4 Å². The van der Waals surface area contributed by atoms with Gasteiger partial charge in [-0.25, -0.2) is 0 Å². The summed E-state index contributed by atoms with van der Waals surface area (Å²) < 4.78 is 1.08. The van der Waals surface area contributed by atoms with Gasteiger partial charge in [-0.05, 0) is 68.8 Å². The van der Waals surface area contributed by atoms with Crippen molar-refractivity contribution in [3.05, 3.63) is 34.3 Å². The molecule has 2 fully saturated rings. The molecule has 4 heteroatoms. The molecule has 1 aliphatic carbocycles. The van der Waals surface area contributed by atoms with Gasteiger partial charge in [0.1, 0.15) is 0 Å². The Morgan fingerprint density at radius 1 is 1.43 bits per heavy atom. The Labute approximate surface area is 135 Å². The molecule has 0 bridgehead atoms. The molecule has 3 nitrogen and oxygen atoms in total. The summed E-state index contributed by atoms with van der Waals surface area (Å²) in [6, 6.07) is 8.35. The number of amides is 1. The summed E-state index contributed by atoms with van der Waals surface area (Å²) in [5, 5.41) is 6.68. The number of benzene rings is 1. The Balaban J connectivity index is 1.59. The maximum Gasteiger partial charge on any atom is 0.220 e. The van der Waals surface area contributed by atoms with E-state index in [2.05, 4.69) is 44.8 Å². The van der Waals surface area contributed by atoms with E-state index in [0.29, 0.717) is 12.3 Å². The minimum atomic E-state index is -0.116. The van der Waals surface area contributed by atoms with Gasteiger partial charge in [0, 0.05) is 10.9 Å². The zero-order chi connectivity index (χ0) is 14.7. The molecule has 0 spiro atoms. The fourth-order valence-corrected chi connectivity index (χ4v) is 3.83. The van der Waals surface area contributed by atoms with Gasteiger partial charge in [0.2, 0.25) is 5.91 Å². The Morgan fingerprint density at radius 3 is 2.90 bits per heavy atom. The van der Waals surface area contributed by atoms with Gasteiger partial charge in [-0.1, -0.05) is 28.1 Å². The number of nitrogens with one attached hydrogen (secondary N) is 2. The molecule has 3 rings (SSSR count). The van der Waals surface area contributed by atoms with Crippen molar-refractivity contribution in [1.29, 1.82) is 0 Å². The largest absolute Gasteiger partial charge is 0.347 e. The normalized spacial score (nSPS) is 23.6. The lowest BCUT2D eigenvalue weighted by molar-refractivity contribution is -0.124. The zero-order valence-electron chi connectivity index (χ0n) is 12.3. The van der Waals surface area contributed by atoms with Crippen LogP contribution in [0.4, 0.5) is 0 Å². The van der Waals surface area contributed by atoms with Gasteiger partial charge in [0.25, 0.3) is 0 Å². The van der Waals surface area contributed by atoms with Gasteiger partial charge < -0.3 is 10.6 Å². The van der Waals surface area contributed by atoms with Crippen LogP contribution in [-0.4, -0.2) is 19.0 Å². The highest BCUT2D eigenvalue weighted by atomic mass is 79.9. The van der Waals surface area contributed by atoms with Crippen LogP contribution < -0.4 is 10.6 Å². The van der Waals surface area contributed by atoms with Crippen molar-refractivity contribution in [3.63, 3.8) is 0 Å². The van der Waals surface area contributed by atoms with Crippen molar-refractivity contribution in [3.8, 4) is 0 Å². The van der Waals surface area contributed by atoms with Crippen LogP contribution in [0.1, 0.15) is 44.1 Å². The number of halogens is 1. The van der Waals surface area contributed by atoms with Crippen LogP contribution in [0.15, 0.2) is 28.7 Å². The minimum absolute atomic E-state index is 0.116. The molecule has 21 heavy (non-hydrogen) atoms. The zero-order valence-corrected chi connectivity index (χ0v) is 13.9. The molecule has 1 saturated carbocycles. The predicted octanol–water partition coefficient (Wildman–Crippen LogP) is 3.33. The van der Waals surface area contributed by atoms with E-state index in [4.69, 9.17) is 0 Å². The summed E-state index contributed by atoms with van der Waals surface area (Å²) in [7, 11) is 0. The molecule has 1 saturated heterocycles.